The van der Waals surface area contributed by atoms with Gasteiger partial charge in [-0.15, -0.1) is 0 Å². The Bertz CT molecular complexity index is 1020. The van der Waals surface area contributed by atoms with Gasteiger partial charge < -0.3 is 25.0 Å². The molecule has 0 atom stereocenters. The predicted octanol–water partition coefficient (Wildman–Crippen LogP) is 0.790. The van der Waals surface area contributed by atoms with Crippen molar-refractivity contribution in [2.45, 2.75) is 0 Å². The van der Waals surface area contributed by atoms with Crippen molar-refractivity contribution in [1.29, 1.82) is 0 Å². The van der Waals surface area contributed by atoms with Crippen molar-refractivity contribution >= 4 is 52.0 Å². The second kappa shape index (κ2) is 9.77. The van der Waals surface area contributed by atoms with E-state index in [0.29, 0.717) is 81.3 Å². The van der Waals surface area contributed by atoms with Crippen LogP contribution < -0.4 is 15.5 Å². The molecule has 0 unspecified atom stereocenters. The number of rotatable bonds is 6. The third-order valence-corrected chi connectivity index (χ3v) is 6.41. The van der Waals surface area contributed by atoms with Crippen LogP contribution in [-0.4, -0.2) is 86.0 Å². The minimum Gasteiger partial charge on any atom is -0.378 e. The molecule has 1 aromatic rings. The molecule has 33 heavy (non-hydrogen) atoms. The Morgan fingerprint density at radius 2 is 1.64 bits per heavy atom. The summed E-state index contributed by atoms with van der Waals surface area (Å²) in [6.07, 6.45) is 1.47. The highest BCUT2D eigenvalue weighted by Gasteiger charge is 2.36. The van der Waals surface area contributed by atoms with Crippen molar-refractivity contribution in [2.24, 2.45) is 5.73 Å². The number of morpholine rings is 2. The molecule has 0 bridgehead atoms. The lowest BCUT2D eigenvalue weighted by Gasteiger charge is -2.33. The Balaban J connectivity index is 1.79. The van der Waals surface area contributed by atoms with E-state index in [0.717, 1.165) is 4.90 Å². The summed E-state index contributed by atoms with van der Waals surface area (Å²) >= 11 is 0.671. The van der Waals surface area contributed by atoms with Gasteiger partial charge in [0.2, 0.25) is 5.91 Å². The quantitative estimate of drug-likeness (QED) is 0.354. The van der Waals surface area contributed by atoms with Gasteiger partial charge in [-0.25, -0.2) is 0 Å². The normalized spacial score (nSPS) is 20.6. The van der Waals surface area contributed by atoms with Crippen molar-refractivity contribution < 1.29 is 28.8 Å². The zero-order valence-corrected chi connectivity index (χ0v) is 18.5. The summed E-state index contributed by atoms with van der Waals surface area (Å²) in [7, 11) is 0. The number of amides is 3. The van der Waals surface area contributed by atoms with Gasteiger partial charge in [0, 0.05) is 43.5 Å². The van der Waals surface area contributed by atoms with E-state index in [9.17, 15) is 24.5 Å². The van der Waals surface area contributed by atoms with E-state index in [4.69, 9.17) is 15.2 Å². The van der Waals surface area contributed by atoms with E-state index in [1.807, 2.05) is 9.80 Å². The summed E-state index contributed by atoms with van der Waals surface area (Å²) in [5.41, 5.74) is 6.65. The van der Waals surface area contributed by atoms with Gasteiger partial charge in [0.15, 0.2) is 0 Å². The van der Waals surface area contributed by atoms with Crippen LogP contribution in [0.15, 0.2) is 17.0 Å². The Morgan fingerprint density at radius 1 is 1.06 bits per heavy atom. The lowest BCUT2D eigenvalue weighted by molar-refractivity contribution is -0.384. The first kappa shape index (κ1) is 23.0. The Morgan fingerprint density at radius 3 is 2.18 bits per heavy atom. The van der Waals surface area contributed by atoms with E-state index in [1.165, 1.54) is 12.1 Å². The van der Waals surface area contributed by atoms with Gasteiger partial charge >= 0.3 is 0 Å². The number of thioether (sulfide) groups is 1. The first-order valence-corrected chi connectivity index (χ1v) is 11.2. The van der Waals surface area contributed by atoms with E-state index >= 15 is 0 Å². The van der Waals surface area contributed by atoms with Gasteiger partial charge in [-0.05, 0) is 23.9 Å². The van der Waals surface area contributed by atoms with Crippen LogP contribution in [0.1, 0.15) is 5.56 Å². The number of nitrogens with zero attached hydrogens (tertiary/aromatic N) is 4. The molecule has 2 N–H and O–H groups in total. The maximum absolute atomic E-state index is 12.7. The van der Waals surface area contributed by atoms with Crippen molar-refractivity contribution in [3.8, 4) is 0 Å². The molecule has 176 valence electrons. The topological polar surface area (TPSA) is 149 Å². The van der Waals surface area contributed by atoms with E-state index in [2.05, 4.69) is 0 Å². The van der Waals surface area contributed by atoms with Crippen LogP contribution >= 0.6 is 11.8 Å². The van der Waals surface area contributed by atoms with Crippen LogP contribution in [0.25, 0.3) is 6.08 Å². The van der Waals surface area contributed by atoms with E-state index in [1.54, 1.807) is 6.07 Å². The van der Waals surface area contributed by atoms with Gasteiger partial charge in [-0.1, -0.05) is 0 Å². The third-order valence-electron chi connectivity index (χ3n) is 5.50. The average Bonchev–Trinajstić information content (AvgIpc) is 3.07. The molecular weight excluding hydrogens is 454 g/mol. The summed E-state index contributed by atoms with van der Waals surface area (Å²) in [5.74, 6) is -1.46. The molecule has 0 radical (unpaired) electrons. The highest BCUT2D eigenvalue weighted by Crippen LogP contribution is 2.40. The summed E-state index contributed by atoms with van der Waals surface area (Å²) < 4.78 is 10.8. The first-order chi connectivity index (χ1) is 15.8. The molecule has 1 aromatic carbocycles. The number of ether oxygens (including phenoxy) is 2. The van der Waals surface area contributed by atoms with Crippen LogP contribution in [0.5, 0.6) is 0 Å². The number of nitro groups is 1. The molecule has 3 heterocycles. The summed E-state index contributed by atoms with van der Waals surface area (Å²) in [6.45, 7) is 3.61. The van der Waals surface area contributed by atoms with Crippen LogP contribution in [-0.2, 0) is 19.1 Å². The second-order valence-corrected chi connectivity index (χ2v) is 8.58. The molecule has 0 spiro atoms. The van der Waals surface area contributed by atoms with Gasteiger partial charge in [0.25, 0.3) is 16.8 Å². The number of imide groups is 1. The van der Waals surface area contributed by atoms with Gasteiger partial charge in [-0.3, -0.25) is 29.4 Å². The molecule has 3 aliphatic heterocycles. The Labute approximate surface area is 193 Å². The van der Waals surface area contributed by atoms with Crippen LogP contribution in [0.4, 0.5) is 21.9 Å². The molecule has 12 nitrogen and oxygen atoms in total. The number of benzene rings is 1. The maximum Gasteiger partial charge on any atom is 0.294 e. The van der Waals surface area contributed by atoms with E-state index < -0.39 is 28.5 Å². The second-order valence-electron chi connectivity index (χ2n) is 7.59. The van der Waals surface area contributed by atoms with Crippen LogP contribution in [0.2, 0.25) is 0 Å². The van der Waals surface area contributed by atoms with Crippen molar-refractivity contribution in [2.75, 3.05) is 69.0 Å². The summed E-state index contributed by atoms with van der Waals surface area (Å²) in [6, 6.07) is 3.19. The zero-order valence-electron chi connectivity index (χ0n) is 17.7. The summed E-state index contributed by atoms with van der Waals surface area (Å²) in [4.78, 5) is 52.4. The van der Waals surface area contributed by atoms with Gasteiger partial charge in [0.05, 0.1) is 36.3 Å². The molecular formula is C20H23N5O7S. The van der Waals surface area contributed by atoms with Gasteiger partial charge in [0.1, 0.15) is 12.2 Å². The monoisotopic (exact) mass is 477 g/mol. The van der Waals surface area contributed by atoms with Crippen molar-refractivity contribution in [3.05, 3.63) is 32.7 Å². The number of carbonyl (C=O) groups excluding carboxylic acids is 3. The molecule has 3 saturated heterocycles. The van der Waals surface area contributed by atoms with Crippen LogP contribution in [0, 0.1) is 10.1 Å². The fourth-order valence-corrected chi connectivity index (χ4v) is 4.74. The minimum atomic E-state index is -0.807. The van der Waals surface area contributed by atoms with Crippen molar-refractivity contribution in [3.63, 3.8) is 0 Å². The van der Waals surface area contributed by atoms with Crippen LogP contribution in [0.3, 0.4) is 0 Å². The highest BCUT2D eigenvalue weighted by molar-refractivity contribution is 8.18. The number of carbonyl (C=O) groups is 3. The Hall–Kier alpha value is -3.16. The number of hydrogen-bond acceptors (Lipinski definition) is 10. The fourth-order valence-electron chi connectivity index (χ4n) is 3.91. The fraction of sp³-hybridized carbons (Fsp3) is 0.450. The molecule has 0 aromatic heterocycles. The Kier molecular flexibility index (Phi) is 6.81. The number of nitrogens with two attached hydrogens (primary N) is 1. The maximum atomic E-state index is 12.7. The standard InChI is InChI=1S/C20H23N5O7S/c21-18(26)12-24-19(27)17(33-20(24)28)10-13-9-16(25(29)30)15(23-3-7-32-8-4-23)11-14(13)22-1-5-31-6-2-22/h9-11H,1-8,12H2,(H2,21,26)/b17-10-. The number of hydrogen-bond donors (Lipinski definition) is 1. The summed E-state index contributed by atoms with van der Waals surface area (Å²) in [5, 5.41) is 11.3. The highest BCUT2D eigenvalue weighted by atomic mass is 32.2. The number of nitro benzene ring substituents is 1. The first-order valence-electron chi connectivity index (χ1n) is 10.4. The lowest BCUT2D eigenvalue weighted by Crippen LogP contribution is -2.38. The van der Waals surface area contributed by atoms with Crippen molar-refractivity contribution in [1.82, 2.24) is 4.90 Å². The van der Waals surface area contributed by atoms with Gasteiger partial charge in [-0.2, -0.15) is 0 Å². The van der Waals surface area contributed by atoms with E-state index in [-0.39, 0.29) is 10.6 Å². The predicted molar refractivity (Wildman–Crippen MR) is 121 cm³/mol. The lowest BCUT2D eigenvalue weighted by atomic mass is 10.1. The molecule has 3 amide bonds. The molecule has 0 saturated carbocycles. The third kappa shape index (κ3) is 4.94. The largest absolute Gasteiger partial charge is 0.378 e. The molecule has 3 aliphatic rings. The average molecular weight is 477 g/mol. The minimum absolute atomic E-state index is 0.0733. The molecule has 3 fully saturated rings. The SMILES string of the molecule is NC(=O)CN1C(=O)S/C(=C\c2cc([N+](=O)[O-])c(N3CCOCC3)cc2N2CCOCC2)C1=O. The smallest absolute Gasteiger partial charge is 0.294 e. The molecule has 0 aliphatic carbocycles. The molecule has 13 heteroatoms. The number of primary amides is 1. The molecule has 4 rings (SSSR count). The number of anilines is 2. The zero-order chi connectivity index (χ0) is 23.5.